The molecule has 38 heavy (non-hydrogen) atoms. The maximum atomic E-state index is 15.2. The largest absolute Gasteiger partial charge is 0.354 e. The highest BCUT2D eigenvalue weighted by atomic mass is 32.2. The molecule has 2 aliphatic heterocycles. The van der Waals surface area contributed by atoms with Crippen LogP contribution < -0.4 is 9.62 Å². The van der Waals surface area contributed by atoms with E-state index in [1.807, 2.05) is 4.72 Å². The van der Waals surface area contributed by atoms with Gasteiger partial charge in [0.2, 0.25) is 10.0 Å². The van der Waals surface area contributed by atoms with Crippen molar-refractivity contribution in [1.29, 1.82) is 0 Å². The van der Waals surface area contributed by atoms with Crippen molar-refractivity contribution in [3.05, 3.63) is 47.5 Å². The molecular formula is C23H18F6N4O4S. The van der Waals surface area contributed by atoms with Crippen LogP contribution in [0.1, 0.15) is 19.3 Å². The zero-order valence-electron chi connectivity index (χ0n) is 19.2. The minimum Gasteiger partial charge on any atom is -0.354 e. The van der Waals surface area contributed by atoms with E-state index in [0.717, 1.165) is 28.0 Å². The molecule has 1 N–H and O–H groups in total. The molecule has 202 valence electrons. The predicted molar refractivity (Wildman–Crippen MR) is 121 cm³/mol. The molecule has 2 aromatic carbocycles. The Morgan fingerprint density at radius 2 is 1.71 bits per heavy atom. The first kappa shape index (κ1) is 25.0. The molecule has 2 saturated heterocycles. The molecule has 1 saturated carbocycles. The summed E-state index contributed by atoms with van der Waals surface area (Å²) in [6.45, 7) is -1.05. The Labute approximate surface area is 211 Å². The van der Waals surface area contributed by atoms with Crippen molar-refractivity contribution in [1.82, 2.24) is 14.8 Å². The lowest BCUT2D eigenvalue weighted by Crippen LogP contribution is -2.56. The summed E-state index contributed by atoms with van der Waals surface area (Å²) in [5.74, 6) is -9.61. The molecule has 6 rings (SSSR count). The summed E-state index contributed by atoms with van der Waals surface area (Å²) < 4.78 is 121. The van der Waals surface area contributed by atoms with Gasteiger partial charge in [-0.15, -0.1) is 0 Å². The Bertz CT molecular complexity index is 1570. The fourth-order valence-electron chi connectivity index (χ4n) is 5.12. The number of carbonyl (C=O) groups is 1. The second-order valence-corrected chi connectivity index (χ2v) is 11.5. The highest BCUT2D eigenvalue weighted by Gasteiger charge is 2.61. The number of alkyl halides is 2. The zero-order chi connectivity index (χ0) is 27.1. The number of nitrogens with one attached hydrogen (secondary N) is 1. The van der Waals surface area contributed by atoms with Crippen molar-refractivity contribution in [2.24, 2.45) is 0 Å². The Kier molecular flexibility index (Phi) is 5.48. The number of halogens is 6. The van der Waals surface area contributed by atoms with Gasteiger partial charge in [-0.2, -0.15) is 0 Å². The molecule has 0 spiro atoms. The lowest BCUT2D eigenvalue weighted by Gasteiger charge is -2.37. The molecule has 15 heteroatoms. The number of urea groups is 1. The van der Waals surface area contributed by atoms with Crippen LogP contribution in [0.4, 0.5) is 37.0 Å². The van der Waals surface area contributed by atoms with Gasteiger partial charge in [-0.1, -0.05) is 11.2 Å². The number of nitrogens with zero attached hydrogens (tertiary/aromatic N) is 3. The molecule has 2 amide bonds. The van der Waals surface area contributed by atoms with E-state index in [2.05, 4.69) is 5.16 Å². The highest BCUT2D eigenvalue weighted by molar-refractivity contribution is 7.90. The van der Waals surface area contributed by atoms with E-state index in [4.69, 9.17) is 4.52 Å². The van der Waals surface area contributed by atoms with E-state index >= 15 is 13.2 Å². The summed E-state index contributed by atoms with van der Waals surface area (Å²) in [5, 5.41) is 2.50. The Morgan fingerprint density at radius 1 is 1.03 bits per heavy atom. The number of hydrogen-bond donors (Lipinski definition) is 1. The van der Waals surface area contributed by atoms with Crippen LogP contribution in [0.5, 0.6) is 0 Å². The minimum atomic E-state index is -4.00. The molecule has 0 unspecified atom stereocenters. The predicted octanol–water partition coefficient (Wildman–Crippen LogP) is 4.15. The number of fused-ring (bicyclic) bond motifs is 2. The van der Waals surface area contributed by atoms with Gasteiger partial charge in [0.15, 0.2) is 23.0 Å². The van der Waals surface area contributed by atoms with Gasteiger partial charge in [0, 0.05) is 24.7 Å². The smallest absolute Gasteiger partial charge is 0.326 e. The van der Waals surface area contributed by atoms with Crippen LogP contribution in [0.15, 0.2) is 28.8 Å². The second-order valence-electron chi connectivity index (χ2n) is 9.50. The number of hydrogen-bond acceptors (Lipinski definition) is 5. The van der Waals surface area contributed by atoms with Gasteiger partial charge in [-0.05, 0) is 31.4 Å². The molecule has 0 bridgehead atoms. The van der Waals surface area contributed by atoms with Crippen molar-refractivity contribution >= 4 is 32.8 Å². The fourth-order valence-corrected chi connectivity index (χ4v) is 6.70. The van der Waals surface area contributed by atoms with Crippen LogP contribution in [0.25, 0.3) is 22.1 Å². The van der Waals surface area contributed by atoms with Gasteiger partial charge in [0.05, 0.1) is 16.2 Å². The van der Waals surface area contributed by atoms with Crippen molar-refractivity contribution in [2.45, 2.75) is 42.5 Å². The van der Waals surface area contributed by atoms with Crippen molar-refractivity contribution in [3.8, 4) is 11.1 Å². The van der Waals surface area contributed by atoms with Crippen molar-refractivity contribution in [3.63, 3.8) is 0 Å². The van der Waals surface area contributed by atoms with Crippen molar-refractivity contribution in [2.75, 3.05) is 18.0 Å². The summed E-state index contributed by atoms with van der Waals surface area (Å²) in [5.41, 5.74) is -2.25. The van der Waals surface area contributed by atoms with Gasteiger partial charge < -0.3 is 9.42 Å². The summed E-state index contributed by atoms with van der Waals surface area (Å²) in [6, 6.07) is -1.28. The molecule has 1 aromatic heterocycles. The number of carbonyl (C=O) groups excluding carboxylic acids is 1. The molecule has 8 nitrogen and oxygen atoms in total. The first-order chi connectivity index (χ1) is 17.9. The Balaban J connectivity index is 1.41. The lowest BCUT2D eigenvalue weighted by molar-refractivity contribution is -0.0448. The summed E-state index contributed by atoms with van der Waals surface area (Å²) in [4.78, 5) is 15.0. The topological polar surface area (TPSA) is 95.8 Å². The second kappa shape index (κ2) is 8.33. The maximum Gasteiger partial charge on any atom is 0.326 e. The molecule has 3 aromatic rings. The van der Waals surface area contributed by atoms with Crippen LogP contribution in [-0.2, 0) is 10.0 Å². The van der Waals surface area contributed by atoms with E-state index in [-0.39, 0.29) is 6.42 Å². The van der Waals surface area contributed by atoms with Crippen LogP contribution in [0.3, 0.4) is 0 Å². The molecule has 1 aliphatic carbocycles. The fraction of sp³-hybridized carbons (Fsp3) is 0.391. The van der Waals surface area contributed by atoms with Crippen molar-refractivity contribution < 1.29 is 44.1 Å². The number of amides is 2. The van der Waals surface area contributed by atoms with Gasteiger partial charge in [-0.3, -0.25) is 4.90 Å². The van der Waals surface area contributed by atoms with Gasteiger partial charge in [-0.25, -0.2) is 44.3 Å². The highest BCUT2D eigenvalue weighted by Crippen LogP contribution is 2.44. The maximum absolute atomic E-state index is 15.2. The first-order valence-corrected chi connectivity index (χ1v) is 13.1. The molecule has 3 fully saturated rings. The van der Waals surface area contributed by atoms with Crippen LogP contribution in [0, 0.1) is 23.3 Å². The third kappa shape index (κ3) is 3.66. The molecule has 3 aliphatic rings. The van der Waals surface area contributed by atoms with E-state index < -0.39 is 104 Å². The number of benzene rings is 2. The average Bonchev–Trinajstić information content (AvgIpc) is 3.59. The van der Waals surface area contributed by atoms with Gasteiger partial charge in [0.1, 0.15) is 23.7 Å². The molecule has 3 heterocycles. The van der Waals surface area contributed by atoms with E-state index in [1.165, 1.54) is 0 Å². The third-order valence-electron chi connectivity index (χ3n) is 7.14. The number of rotatable bonds is 5. The van der Waals surface area contributed by atoms with Gasteiger partial charge >= 0.3 is 6.03 Å². The molecule has 2 atom stereocenters. The Morgan fingerprint density at radius 3 is 2.37 bits per heavy atom. The number of sulfonamides is 1. The van der Waals surface area contributed by atoms with Gasteiger partial charge in [0.25, 0.3) is 5.92 Å². The standard InChI is InChI=1S/C23H18F6N4O4S/c24-11-2-1-3-12(25)17(11)19-18-14(8-13(26)20(19)27)37-30-21(18)32-7-6-16-23(28,29)15(9-33(16)22(32)34)31-38(35,36)10-4-5-10/h1-3,8,10,15-16,31H,4-7,9H2/t15-,16-/m1/s1. The first-order valence-electron chi connectivity index (χ1n) is 11.6. The SMILES string of the molecule is O=C1N(c2noc3cc(F)c(F)c(-c4c(F)cccc4F)c23)CC[C@H]2N1C[C@@H](NS(=O)(=O)C1CC1)C2(F)F. The average molecular weight is 560 g/mol. The molecule has 0 radical (unpaired) electrons. The van der Waals surface area contributed by atoms with Crippen LogP contribution in [-0.4, -0.2) is 60.9 Å². The summed E-state index contributed by atoms with van der Waals surface area (Å²) >= 11 is 0. The normalized spacial score (nSPS) is 23.4. The third-order valence-corrected chi connectivity index (χ3v) is 9.10. The zero-order valence-corrected chi connectivity index (χ0v) is 20.0. The quantitative estimate of drug-likeness (QED) is 0.473. The Hall–Kier alpha value is -3.33. The summed E-state index contributed by atoms with van der Waals surface area (Å²) in [7, 11) is -4.00. The monoisotopic (exact) mass is 560 g/mol. The van der Waals surface area contributed by atoms with E-state index in [9.17, 15) is 26.4 Å². The number of anilines is 1. The van der Waals surface area contributed by atoms with Crippen LogP contribution >= 0.6 is 0 Å². The minimum absolute atomic E-state index is 0.345. The lowest BCUT2D eigenvalue weighted by atomic mass is 9.98. The van der Waals surface area contributed by atoms with E-state index in [0.29, 0.717) is 18.9 Å². The van der Waals surface area contributed by atoms with Crippen LogP contribution in [0.2, 0.25) is 0 Å². The molecular weight excluding hydrogens is 542 g/mol. The van der Waals surface area contributed by atoms with E-state index in [1.54, 1.807) is 0 Å². The number of aromatic nitrogens is 1. The summed E-state index contributed by atoms with van der Waals surface area (Å²) in [6.07, 6.45) is 0.366.